The van der Waals surface area contributed by atoms with E-state index < -0.39 is 15.7 Å². The van der Waals surface area contributed by atoms with E-state index in [2.05, 4.69) is 4.98 Å². The van der Waals surface area contributed by atoms with Crippen molar-refractivity contribution in [2.75, 3.05) is 0 Å². The van der Waals surface area contributed by atoms with Crippen LogP contribution < -0.4 is 4.18 Å². The molecule has 0 aliphatic carbocycles. The average Bonchev–Trinajstić information content (AvgIpc) is 2.90. The second-order valence-corrected chi connectivity index (χ2v) is 8.48. The number of fused-ring (bicyclic) bond motifs is 2. The second kappa shape index (κ2) is 5.79. The molecular formula is C20H19NO4S. The van der Waals surface area contributed by atoms with Gasteiger partial charge in [0.15, 0.2) is 5.75 Å². The Balaban J connectivity index is 1.90. The largest absolute Gasteiger partial charge is 0.378 e. The molecule has 2 heterocycles. The molecule has 0 atom stereocenters. The van der Waals surface area contributed by atoms with Gasteiger partial charge in [0.1, 0.15) is 10.5 Å². The Morgan fingerprint density at radius 2 is 1.77 bits per heavy atom. The molecular weight excluding hydrogens is 350 g/mol. The predicted octanol–water partition coefficient (Wildman–Crippen LogP) is 4.08. The normalized spacial score (nSPS) is 15.8. The molecule has 6 heteroatoms. The molecule has 1 aliphatic rings. The van der Waals surface area contributed by atoms with Crippen molar-refractivity contribution in [3.05, 3.63) is 65.4 Å². The standard InChI is InChI=1S/C20H19NO4S/c1-13-8-10-14(11-9-13)26(22,23)25-18-15-6-4-5-7-17(15)21-19-16(18)12-24-20(19,2)3/h4-11H,12H2,1-3H3. The van der Waals surface area contributed by atoms with Gasteiger partial charge in [-0.3, -0.25) is 0 Å². The lowest BCUT2D eigenvalue weighted by atomic mass is 10.00. The molecule has 5 nitrogen and oxygen atoms in total. The summed E-state index contributed by atoms with van der Waals surface area (Å²) in [5.41, 5.74) is 2.47. The molecule has 2 aromatic carbocycles. The van der Waals surface area contributed by atoms with Crippen LogP contribution in [0.15, 0.2) is 53.4 Å². The SMILES string of the molecule is Cc1ccc(S(=O)(=O)Oc2c3c(nc4ccccc24)C(C)(C)OC3)cc1. The van der Waals surface area contributed by atoms with Crippen LogP contribution in [0.25, 0.3) is 10.9 Å². The van der Waals surface area contributed by atoms with Gasteiger partial charge in [-0.15, -0.1) is 0 Å². The third-order valence-corrected chi connectivity index (χ3v) is 5.83. The van der Waals surface area contributed by atoms with Crippen LogP contribution in [0, 0.1) is 6.92 Å². The molecule has 0 saturated heterocycles. The van der Waals surface area contributed by atoms with E-state index in [0.29, 0.717) is 27.9 Å². The fourth-order valence-electron chi connectivity index (χ4n) is 3.13. The van der Waals surface area contributed by atoms with Crippen LogP contribution in [0.5, 0.6) is 5.75 Å². The summed E-state index contributed by atoms with van der Waals surface area (Å²) in [5.74, 6) is 0.303. The summed E-state index contributed by atoms with van der Waals surface area (Å²) in [4.78, 5) is 4.80. The van der Waals surface area contributed by atoms with Gasteiger partial charge in [0.2, 0.25) is 0 Å². The van der Waals surface area contributed by atoms with Crippen molar-refractivity contribution in [1.29, 1.82) is 0 Å². The number of pyridine rings is 1. The van der Waals surface area contributed by atoms with Crippen molar-refractivity contribution in [2.24, 2.45) is 0 Å². The first-order chi connectivity index (χ1) is 12.3. The third-order valence-electron chi connectivity index (χ3n) is 4.59. The van der Waals surface area contributed by atoms with Gasteiger partial charge in [0.25, 0.3) is 0 Å². The molecule has 0 unspecified atom stereocenters. The maximum absolute atomic E-state index is 12.8. The topological polar surface area (TPSA) is 65.5 Å². The van der Waals surface area contributed by atoms with Crippen LogP contribution in [-0.2, 0) is 27.1 Å². The highest BCUT2D eigenvalue weighted by Gasteiger charge is 2.37. The minimum Gasteiger partial charge on any atom is -0.378 e. The van der Waals surface area contributed by atoms with Crippen LogP contribution >= 0.6 is 0 Å². The number of rotatable bonds is 3. The Morgan fingerprint density at radius 1 is 1.08 bits per heavy atom. The number of para-hydroxylation sites is 1. The first kappa shape index (κ1) is 17.0. The lowest BCUT2D eigenvalue weighted by Gasteiger charge is -2.18. The number of hydrogen-bond acceptors (Lipinski definition) is 5. The second-order valence-electron chi connectivity index (χ2n) is 6.93. The highest BCUT2D eigenvalue weighted by molar-refractivity contribution is 7.87. The maximum Gasteiger partial charge on any atom is 0.339 e. The molecule has 0 bridgehead atoms. The molecule has 134 valence electrons. The van der Waals surface area contributed by atoms with Crippen molar-refractivity contribution in [1.82, 2.24) is 4.98 Å². The van der Waals surface area contributed by atoms with E-state index in [4.69, 9.17) is 8.92 Å². The summed E-state index contributed by atoms with van der Waals surface area (Å²) in [7, 11) is -3.96. The first-order valence-electron chi connectivity index (χ1n) is 8.35. The van der Waals surface area contributed by atoms with Crippen LogP contribution in [-0.4, -0.2) is 13.4 Å². The van der Waals surface area contributed by atoms with E-state index >= 15 is 0 Å². The number of nitrogens with zero attached hydrogens (tertiary/aromatic N) is 1. The molecule has 0 saturated carbocycles. The van der Waals surface area contributed by atoms with Crippen molar-refractivity contribution < 1.29 is 17.3 Å². The Labute approximate surface area is 152 Å². The van der Waals surface area contributed by atoms with Crippen LogP contribution in [0.4, 0.5) is 0 Å². The maximum atomic E-state index is 12.8. The number of aromatic nitrogens is 1. The van der Waals surface area contributed by atoms with Crippen molar-refractivity contribution >= 4 is 21.0 Å². The first-order valence-corrected chi connectivity index (χ1v) is 9.76. The fourth-order valence-corrected chi connectivity index (χ4v) is 4.11. The van der Waals surface area contributed by atoms with Crippen molar-refractivity contribution in [3.63, 3.8) is 0 Å². The zero-order valence-electron chi connectivity index (χ0n) is 14.8. The quantitative estimate of drug-likeness (QED) is 0.651. The molecule has 26 heavy (non-hydrogen) atoms. The Morgan fingerprint density at radius 3 is 2.50 bits per heavy atom. The van der Waals surface area contributed by atoms with Gasteiger partial charge in [0.05, 0.1) is 17.8 Å². The van der Waals surface area contributed by atoms with Gasteiger partial charge < -0.3 is 8.92 Å². The highest BCUT2D eigenvalue weighted by atomic mass is 32.2. The van der Waals surface area contributed by atoms with E-state index in [0.717, 1.165) is 5.56 Å². The number of hydrogen-bond donors (Lipinski definition) is 0. The molecule has 1 aromatic heterocycles. The molecule has 0 spiro atoms. The molecule has 0 radical (unpaired) electrons. The van der Waals surface area contributed by atoms with Crippen molar-refractivity contribution in [2.45, 2.75) is 37.9 Å². The van der Waals surface area contributed by atoms with Gasteiger partial charge in [-0.05, 0) is 45.0 Å². The average molecular weight is 369 g/mol. The molecule has 0 fully saturated rings. The van der Waals surface area contributed by atoms with E-state index in [9.17, 15) is 8.42 Å². The van der Waals surface area contributed by atoms with Gasteiger partial charge >= 0.3 is 10.1 Å². The summed E-state index contributed by atoms with van der Waals surface area (Å²) in [6.45, 7) is 6.00. The minimum absolute atomic E-state index is 0.121. The lowest BCUT2D eigenvalue weighted by Crippen LogP contribution is -2.17. The summed E-state index contributed by atoms with van der Waals surface area (Å²) in [6.07, 6.45) is 0. The summed E-state index contributed by atoms with van der Waals surface area (Å²) in [6, 6.07) is 14.0. The number of benzene rings is 2. The van der Waals surface area contributed by atoms with Gasteiger partial charge in [-0.25, -0.2) is 4.98 Å². The molecule has 3 aromatic rings. The van der Waals surface area contributed by atoms with Gasteiger partial charge in [-0.2, -0.15) is 8.42 Å². The monoisotopic (exact) mass is 369 g/mol. The Hall–Kier alpha value is -2.44. The van der Waals surface area contributed by atoms with Gasteiger partial charge in [0, 0.05) is 10.9 Å². The van der Waals surface area contributed by atoms with E-state index in [1.54, 1.807) is 24.3 Å². The summed E-state index contributed by atoms with van der Waals surface area (Å²) in [5, 5.41) is 0.656. The smallest absolute Gasteiger partial charge is 0.339 e. The van der Waals surface area contributed by atoms with Crippen molar-refractivity contribution in [3.8, 4) is 5.75 Å². The Bertz CT molecular complexity index is 1100. The van der Waals surface area contributed by atoms with Crippen LogP contribution in [0.1, 0.15) is 30.7 Å². The lowest BCUT2D eigenvalue weighted by molar-refractivity contribution is -0.0101. The molecule has 1 aliphatic heterocycles. The van der Waals surface area contributed by atoms with Crippen LogP contribution in [0.3, 0.4) is 0 Å². The van der Waals surface area contributed by atoms with E-state index in [1.165, 1.54) is 0 Å². The van der Waals surface area contributed by atoms with Crippen LogP contribution in [0.2, 0.25) is 0 Å². The summed E-state index contributed by atoms with van der Waals surface area (Å²) < 4.78 is 37.1. The zero-order chi connectivity index (χ0) is 18.5. The number of ether oxygens (including phenoxy) is 1. The zero-order valence-corrected chi connectivity index (χ0v) is 15.6. The van der Waals surface area contributed by atoms with E-state index in [-0.39, 0.29) is 11.5 Å². The number of aryl methyl sites for hydroxylation is 1. The molecule has 0 N–H and O–H groups in total. The van der Waals surface area contributed by atoms with E-state index in [1.807, 2.05) is 45.0 Å². The molecule has 4 rings (SSSR count). The highest BCUT2D eigenvalue weighted by Crippen LogP contribution is 2.43. The Kier molecular flexibility index (Phi) is 3.78. The molecule has 0 amide bonds. The predicted molar refractivity (Wildman–Crippen MR) is 98.6 cm³/mol. The minimum atomic E-state index is -3.96. The fraction of sp³-hybridized carbons (Fsp3) is 0.250. The summed E-state index contributed by atoms with van der Waals surface area (Å²) >= 11 is 0. The van der Waals surface area contributed by atoms with Gasteiger partial charge in [-0.1, -0.05) is 29.8 Å². The third kappa shape index (κ3) is 2.75.